The van der Waals surface area contributed by atoms with Crippen LogP contribution in [0.15, 0.2) is 36.8 Å². The van der Waals surface area contributed by atoms with Gasteiger partial charge < -0.3 is 9.64 Å². The fourth-order valence-electron chi connectivity index (χ4n) is 6.64. The first kappa shape index (κ1) is 20.4. The minimum atomic E-state index is -0.391. The Kier molecular flexibility index (Phi) is 4.33. The van der Waals surface area contributed by atoms with E-state index in [9.17, 15) is 5.26 Å². The van der Waals surface area contributed by atoms with Gasteiger partial charge >= 0.3 is 0 Å². The maximum absolute atomic E-state index is 10.2. The van der Waals surface area contributed by atoms with Gasteiger partial charge in [-0.15, -0.1) is 0 Å². The van der Waals surface area contributed by atoms with Gasteiger partial charge in [0.25, 0.3) is 0 Å². The Balaban J connectivity index is 1.22. The van der Waals surface area contributed by atoms with Crippen LogP contribution in [0.2, 0.25) is 0 Å². The topological polar surface area (TPSA) is 83.1 Å². The number of rotatable bonds is 3. The lowest BCUT2D eigenvalue weighted by Crippen LogP contribution is -2.58. The fraction of sp³-hybridized carbons (Fsp3) is 0.538. The average molecular weight is 456 g/mol. The summed E-state index contributed by atoms with van der Waals surface area (Å²) < 4.78 is 7.60. The number of nitriles is 1. The van der Waals surface area contributed by atoms with Gasteiger partial charge in [-0.2, -0.15) is 10.4 Å². The molecule has 2 saturated heterocycles. The molecule has 0 N–H and O–H groups in total. The molecule has 0 bridgehead atoms. The summed E-state index contributed by atoms with van der Waals surface area (Å²) in [5, 5.41) is 15.9. The maximum atomic E-state index is 10.2. The van der Waals surface area contributed by atoms with Crippen LogP contribution < -0.4 is 4.90 Å². The summed E-state index contributed by atoms with van der Waals surface area (Å²) >= 11 is 0. The quantitative estimate of drug-likeness (QED) is 0.600. The summed E-state index contributed by atoms with van der Waals surface area (Å²) in [5.74, 6) is 2.07. The van der Waals surface area contributed by atoms with E-state index in [0.717, 1.165) is 73.9 Å². The SMILES string of the molecule is C[C@H]1C2(CC2)C[C@@]1(C#N)c1ccc2cnn(-c3cc(N4CCN5CCOC[C@@H]5C4)ncn3)c2c1. The van der Waals surface area contributed by atoms with Gasteiger partial charge in [0.1, 0.15) is 12.1 Å². The van der Waals surface area contributed by atoms with Crippen LogP contribution in [0, 0.1) is 22.7 Å². The summed E-state index contributed by atoms with van der Waals surface area (Å²) in [6.45, 7) is 7.76. The molecule has 3 atom stereocenters. The molecule has 4 aliphatic rings. The van der Waals surface area contributed by atoms with Crippen molar-refractivity contribution < 1.29 is 4.74 Å². The van der Waals surface area contributed by atoms with Gasteiger partial charge in [-0.1, -0.05) is 19.1 Å². The molecule has 8 heteroatoms. The van der Waals surface area contributed by atoms with Gasteiger partial charge in [0, 0.05) is 37.6 Å². The van der Waals surface area contributed by atoms with Gasteiger partial charge in [-0.05, 0) is 42.2 Å². The molecule has 0 unspecified atom stereocenters. The summed E-state index contributed by atoms with van der Waals surface area (Å²) in [5.41, 5.74) is 2.13. The van der Waals surface area contributed by atoms with Crippen molar-refractivity contribution in [3.05, 3.63) is 42.4 Å². The van der Waals surface area contributed by atoms with Crippen molar-refractivity contribution in [3.8, 4) is 11.9 Å². The third-order valence-electron chi connectivity index (χ3n) is 9.08. The minimum absolute atomic E-state index is 0.391. The third kappa shape index (κ3) is 2.87. The van der Waals surface area contributed by atoms with Crippen LogP contribution >= 0.6 is 0 Å². The van der Waals surface area contributed by atoms with Gasteiger partial charge in [-0.3, -0.25) is 4.90 Å². The third-order valence-corrected chi connectivity index (χ3v) is 9.08. The van der Waals surface area contributed by atoms with Crippen molar-refractivity contribution in [1.82, 2.24) is 24.6 Å². The van der Waals surface area contributed by atoms with E-state index in [1.165, 1.54) is 12.8 Å². The van der Waals surface area contributed by atoms with Crippen LogP contribution in [-0.4, -0.2) is 70.1 Å². The van der Waals surface area contributed by atoms with Crippen molar-refractivity contribution in [1.29, 1.82) is 5.26 Å². The normalized spacial score (nSPS) is 30.1. The van der Waals surface area contributed by atoms with Crippen molar-refractivity contribution >= 4 is 16.7 Å². The second kappa shape index (κ2) is 7.24. The van der Waals surface area contributed by atoms with E-state index in [1.54, 1.807) is 6.33 Å². The van der Waals surface area contributed by atoms with E-state index < -0.39 is 5.41 Å². The van der Waals surface area contributed by atoms with Crippen molar-refractivity contribution in [2.45, 2.75) is 37.6 Å². The molecule has 8 nitrogen and oxygen atoms in total. The summed E-state index contributed by atoms with van der Waals surface area (Å²) in [7, 11) is 0. The molecule has 2 saturated carbocycles. The molecular formula is C26H29N7O. The monoisotopic (exact) mass is 455 g/mol. The largest absolute Gasteiger partial charge is 0.378 e. The first-order valence-electron chi connectivity index (χ1n) is 12.4. The average Bonchev–Trinajstić information content (AvgIpc) is 3.59. The molecule has 0 amide bonds. The van der Waals surface area contributed by atoms with Crippen LogP contribution in [0.3, 0.4) is 0 Å². The highest BCUT2D eigenvalue weighted by atomic mass is 16.5. The number of benzene rings is 1. The molecule has 2 aliphatic heterocycles. The van der Waals surface area contributed by atoms with Crippen molar-refractivity contribution in [2.24, 2.45) is 11.3 Å². The zero-order chi connectivity index (χ0) is 22.9. The lowest BCUT2D eigenvalue weighted by molar-refractivity contribution is -0.0117. The van der Waals surface area contributed by atoms with E-state index in [2.05, 4.69) is 56.1 Å². The number of aromatic nitrogens is 4. The number of nitrogens with zero attached hydrogens (tertiary/aromatic N) is 7. The molecular weight excluding hydrogens is 426 g/mol. The highest BCUT2D eigenvalue weighted by molar-refractivity contribution is 5.81. The Hall–Kier alpha value is -3.02. The molecule has 1 spiro atoms. The summed E-state index contributed by atoms with van der Waals surface area (Å²) in [4.78, 5) is 14.0. The Morgan fingerprint density at radius 3 is 2.82 bits per heavy atom. The van der Waals surface area contributed by atoms with Gasteiger partial charge in [0.05, 0.1) is 42.5 Å². The standard InChI is InChI=1S/C26H29N7O/c1-18-25(4-5-25)15-26(18,16-27)20-3-2-19-12-30-33(22(19)10-20)24-11-23(28-17-29-24)32-7-6-31-8-9-34-14-21(31)13-32/h2-3,10-12,17-18,21H,4-9,13-15H2,1H3/t18-,21-,26-/m0/s1. The highest BCUT2D eigenvalue weighted by Crippen LogP contribution is 2.72. The van der Waals surface area contributed by atoms with Gasteiger partial charge in [-0.25, -0.2) is 14.6 Å². The first-order chi connectivity index (χ1) is 16.6. The second-order valence-corrected chi connectivity index (χ2v) is 10.6. The van der Waals surface area contributed by atoms with Crippen LogP contribution in [-0.2, 0) is 10.2 Å². The molecule has 0 radical (unpaired) electrons. The summed E-state index contributed by atoms with van der Waals surface area (Å²) in [6, 6.07) is 11.5. The molecule has 4 fully saturated rings. The molecule has 4 heterocycles. The zero-order valence-electron chi connectivity index (χ0n) is 19.5. The Morgan fingerprint density at radius 2 is 2.00 bits per heavy atom. The Bertz CT molecular complexity index is 1310. The van der Waals surface area contributed by atoms with E-state index in [1.807, 2.05) is 16.9 Å². The molecule has 1 aromatic carbocycles. The van der Waals surface area contributed by atoms with Crippen LogP contribution in [0.25, 0.3) is 16.7 Å². The van der Waals surface area contributed by atoms with Crippen molar-refractivity contribution in [3.63, 3.8) is 0 Å². The molecule has 3 aromatic rings. The van der Waals surface area contributed by atoms with E-state index in [0.29, 0.717) is 17.4 Å². The molecule has 2 aliphatic carbocycles. The van der Waals surface area contributed by atoms with E-state index in [4.69, 9.17) is 4.74 Å². The lowest BCUT2D eigenvalue weighted by Gasteiger charge is -2.51. The number of hydrogen-bond donors (Lipinski definition) is 0. The van der Waals surface area contributed by atoms with Crippen LogP contribution in [0.4, 0.5) is 5.82 Å². The Labute approximate surface area is 199 Å². The number of piperazine rings is 1. The van der Waals surface area contributed by atoms with E-state index in [-0.39, 0.29) is 0 Å². The molecule has 174 valence electrons. The number of anilines is 1. The Morgan fingerprint density at radius 1 is 1.12 bits per heavy atom. The molecule has 7 rings (SSSR count). The lowest BCUT2D eigenvalue weighted by atomic mass is 9.50. The smallest absolute Gasteiger partial charge is 0.159 e. The van der Waals surface area contributed by atoms with Crippen molar-refractivity contribution in [2.75, 3.05) is 44.3 Å². The number of hydrogen-bond acceptors (Lipinski definition) is 7. The predicted molar refractivity (Wildman–Crippen MR) is 128 cm³/mol. The van der Waals surface area contributed by atoms with Crippen LogP contribution in [0.5, 0.6) is 0 Å². The number of morpholine rings is 1. The summed E-state index contributed by atoms with van der Waals surface area (Å²) in [6.07, 6.45) is 7.02. The first-order valence-corrected chi connectivity index (χ1v) is 12.4. The fourth-order valence-corrected chi connectivity index (χ4v) is 6.64. The minimum Gasteiger partial charge on any atom is -0.378 e. The van der Waals surface area contributed by atoms with Gasteiger partial charge in [0.2, 0.25) is 0 Å². The highest BCUT2D eigenvalue weighted by Gasteiger charge is 2.67. The zero-order valence-corrected chi connectivity index (χ0v) is 19.5. The maximum Gasteiger partial charge on any atom is 0.159 e. The number of fused-ring (bicyclic) bond motifs is 2. The number of ether oxygens (including phenoxy) is 1. The predicted octanol–water partition coefficient (Wildman–Crippen LogP) is 2.92. The molecule has 34 heavy (non-hydrogen) atoms. The molecule has 2 aromatic heterocycles. The van der Waals surface area contributed by atoms with Crippen LogP contribution in [0.1, 0.15) is 31.7 Å². The second-order valence-electron chi connectivity index (χ2n) is 10.6. The van der Waals surface area contributed by atoms with E-state index >= 15 is 0 Å². The van der Waals surface area contributed by atoms with Gasteiger partial charge in [0.15, 0.2) is 5.82 Å².